The van der Waals surface area contributed by atoms with E-state index in [1.165, 1.54) is 11.0 Å². The first-order valence-electron chi connectivity index (χ1n) is 19.5. The third-order valence-corrected chi connectivity index (χ3v) is 11.6. The van der Waals surface area contributed by atoms with Crippen LogP contribution in [-0.4, -0.2) is 98.7 Å². The van der Waals surface area contributed by atoms with Crippen LogP contribution in [0.5, 0.6) is 0 Å². The highest BCUT2D eigenvalue weighted by Crippen LogP contribution is 2.35. The van der Waals surface area contributed by atoms with Crippen LogP contribution in [0.4, 0.5) is 40.7 Å². The summed E-state index contributed by atoms with van der Waals surface area (Å²) in [5.74, 6) is -2.24. The molecule has 3 amide bonds. The predicted molar refractivity (Wildman–Crippen MR) is 208 cm³/mol. The second kappa shape index (κ2) is 16.3. The van der Waals surface area contributed by atoms with Gasteiger partial charge in [-0.15, -0.1) is 0 Å². The van der Waals surface area contributed by atoms with Crippen molar-refractivity contribution >= 4 is 40.9 Å². The van der Waals surface area contributed by atoms with Gasteiger partial charge in [0.2, 0.25) is 17.8 Å². The summed E-state index contributed by atoms with van der Waals surface area (Å²) in [6.07, 6.45) is 0.165. The Morgan fingerprint density at radius 2 is 1.69 bits per heavy atom. The van der Waals surface area contributed by atoms with Crippen LogP contribution in [0.15, 0.2) is 60.9 Å². The van der Waals surface area contributed by atoms with E-state index in [2.05, 4.69) is 45.6 Å². The van der Waals surface area contributed by atoms with Crippen LogP contribution in [0.25, 0.3) is 0 Å². The van der Waals surface area contributed by atoms with Gasteiger partial charge in [0.15, 0.2) is 0 Å². The molecule has 304 valence electrons. The molecule has 1 atom stereocenters. The summed E-state index contributed by atoms with van der Waals surface area (Å²) >= 11 is 0. The van der Waals surface area contributed by atoms with E-state index in [1.807, 2.05) is 30.3 Å². The van der Waals surface area contributed by atoms with Crippen molar-refractivity contribution in [3.63, 3.8) is 0 Å². The molecule has 1 unspecified atom stereocenters. The Balaban J connectivity index is 0.810. The molecule has 4 aromatic rings. The van der Waals surface area contributed by atoms with Crippen LogP contribution in [0.2, 0.25) is 0 Å². The number of piperazine rings is 1. The van der Waals surface area contributed by atoms with E-state index in [4.69, 9.17) is 0 Å². The Labute approximate surface area is 332 Å². The average Bonchev–Trinajstić information content (AvgIpc) is 3.53. The van der Waals surface area contributed by atoms with E-state index < -0.39 is 35.4 Å². The normalized spacial score (nSPS) is 19.7. The fourth-order valence-corrected chi connectivity index (χ4v) is 8.40. The molecule has 0 saturated carbocycles. The predicted octanol–water partition coefficient (Wildman–Crippen LogP) is 5.24. The maximum absolute atomic E-state index is 15.3. The summed E-state index contributed by atoms with van der Waals surface area (Å²) in [6, 6.07) is 14.2. The molecule has 2 aromatic heterocycles. The van der Waals surface area contributed by atoms with E-state index in [1.54, 1.807) is 25.3 Å². The number of hydrogen-bond donors (Lipinski definition) is 3. The summed E-state index contributed by atoms with van der Waals surface area (Å²) in [5.41, 5.74) is 3.61. The second-order valence-corrected chi connectivity index (χ2v) is 15.3. The molecule has 4 aliphatic heterocycles. The zero-order valence-electron chi connectivity index (χ0n) is 32.0. The highest BCUT2D eigenvalue weighted by Gasteiger charge is 2.41. The Hall–Kier alpha value is -5.68. The number of hydrogen-bond acceptors (Lipinski definition) is 11. The van der Waals surface area contributed by atoms with Crippen molar-refractivity contribution in [3.05, 3.63) is 100 Å². The van der Waals surface area contributed by atoms with Crippen molar-refractivity contribution in [2.45, 2.75) is 70.5 Å². The Kier molecular flexibility index (Phi) is 11.0. The first-order valence-corrected chi connectivity index (χ1v) is 19.5. The maximum atomic E-state index is 15.3. The summed E-state index contributed by atoms with van der Waals surface area (Å²) in [4.78, 5) is 57.9. The first-order chi connectivity index (χ1) is 27.9. The summed E-state index contributed by atoms with van der Waals surface area (Å²) in [6.45, 7) is 7.84. The van der Waals surface area contributed by atoms with Gasteiger partial charge >= 0.3 is 6.18 Å². The summed E-state index contributed by atoms with van der Waals surface area (Å²) in [5, 5.41) is 8.13. The van der Waals surface area contributed by atoms with Crippen molar-refractivity contribution < 1.29 is 31.9 Å². The molecule has 8 rings (SSSR count). The van der Waals surface area contributed by atoms with Crippen molar-refractivity contribution in [2.24, 2.45) is 0 Å². The number of benzene rings is 2. The molecule has 58 heavy (non-hydrogen) atoms. The minimum atomic E-state index is -4.63. The van der Waals surface area contributed by atoms with Gasteiger partial charge in [-0.1, -0.05) is 12.1 Å². The fraction of sp³-hybridized carbons (Fsp3) is 0.415. The van der Waals surface area contributed by atoms with Crippen molar-refractivity contribution in [3.8, 4) is 0 Å². The number of anilines is 4. The number of aryl methyl sites for hydroxylation is 1. The second-order valence-electron chi connectivity index (χ2n) is 15.3. The number of rotatable bonds is 10. The van der Waals surface area contributed by atoms with Crippen LogP contribution in [-0.2, 0) is 35.4 Å². The molecule has 0 bridgehead atoms. The fourth-order valence-electron chi connectivity index (χ4n) is 8.40. The number of carbonyl (C=O) groups is 3. The molecule has 2 aromatic carbocycles. The van der Waals surface area contributed by atoms with Gasteiger partial charge in [0, 0.05) is 101 Å². The Morgan fingerprint density at radius 3 is 2.40 bits per heavy atom. The Morgan fingerprint density at radius 1 is 0.931 bits per heavy atom. The number of imide groups is 1. The van der Waals surface area contributed by atoms with Crippen molar-refractivity contribution in [1.82, 2.24) is 35.0 Å². The highest BCUT2D eigenvalue weighted by molar-refractivity contribution is 6.05. The van der Waals surface area contributed by atoms with Gasteiger partial charge in [-0.3, -0.25) is 34.5 Å². The molecule has 0 spiro atoms. The van der Waals surface area contributed by atoms with E-state index in [0.29, 0.717) is 29.5 Å². The summed E-state index contributed by atoms with van der Waals surface area (Å²) in [7, 11) is 0. The lowest BCUT2D eigenvalue weighted by molar-refractivity contribution is -0.138. The average molecular weight is 801 g/mol. The number of pyridine rings is 1. The molecule has 3 fully saturated rings. The molecule has 13 nitrogen and oxygen atoms in total. The van der Waals surface area contributed by atoms with Crippen molar-refractivity contribution in [2.75, 3.05) is 54.8 Å². The SMILES string of the molecule is Cc1ncccc1CNc1nc(Nc2ccc(N3CCC(N4CCN(Cc5cc(F)c6c(c5)CN(C5CCC(=O)NC5=O)C6=O)CC4)CC3)cc2)ncc1C(F)(F)F. The van der Waals surface area contributed by atoms with E-state index in [-0.39, 0.29) is 49.2 Å². The third kappa shape index (κ3) is 8.45. The number of carbonyl (C=O) groups excluding carboxylic acids is 3. The van der Waals surface area contributed by atoms with E-state index >= 15 is 4.39 Å². The maximum Gasteiger partial charge on any atom is 0.421 e. The minimum Gasteiger partial charge on any atom is -0.371 e. The number of nitrogens with one attached hydrogen (secondary N) is 3. The number of halogens is 4. The largest absolute Gasteiger partial charge is 0.421 e. The van der Waals surface area contributed by atoms with Crippen LogP contribution in [0.3, 0.4) is 0 Å². The summed E-state index contributed by atoms with van der Waals surface area (Å²) < 4.78 is 56.6. The monoisotopic (exact) mass is 800 g/mol. The van der Waals surface area contributed by atoms with Gasteiger partial charge in [0.1, 0.15) is 23.2 Å². The molecule has 0 aliphatic carbocycles. The minimum absolute atomic E-state index is 0.0139. The number of alkyl halides is 3. The molecule has 17 heteroatoms. The van der Waals surface area contributed by atoms with Gasteiger partial charge < -0.3 is 20.4 Å². The number of aromatic nitrogens is 3. The van der Waals surface area contributed by atoms with E-state index in [0.717, 1.165) is 75.1 Å². The molecular formula is C41H44F4N10O3. The number of amides is 3. The smallest absolute Gasteiger partial charge is 0.371 e. The molecule has 6 heterocycles. The van der Waals surface area contributed by atoms with Gasteiger partial charge in [0.25, 0.3) is 5.91 Å². The van der Waals surface area contributed by atoms with E-state index in [9.17, 15) is 27.6 Å². The quantitative estimate of drug-likeness (QED) is 0.143. The van der Waals surface area contributed by atoms with Gasteiger partial charge in [-0.05, 0) is 79.3 Å². The lowest BCUT2D eigenvalue weighted by Gasteiger charge is -2.43. The third-order valence-electron chi connectivity index (χ3n) is 11.6. The molecule has 3 N–H and O–H groups in total. The standard InChI is InChI=1S/C41H44F4N10O3/c1-25-27(3-2-12-46-25)21-47-37-32(41(43,44)45)22-48-40(51-37)49-29-4-6-30(7-5-29)53-13-10-31(11-14-53)54-17-15-52(16-18-54)23-26-19-28-24-55(39(58)36(28)33(42)20-26)34-8-9-35(56)50-38(34)57/h2-7,12,19-20,22,31,34H,8-11,13-18,21,23-24H2,1H3,(H,50,56,57)(H2,47,48,49,51). The van der Waals surface area contributed by atoms with Gasteiger partial charge in [0.05, 0.1) is 5.56 Å². The zero-order chi connectivity index (χ0) is 40.6. The van der Waals surface area contributed by atoms with Gasteiger partial charge in [-0.2, -0.15) is 18.2 Å². The van der Waals surface area contributed by atoms with Crippen LogP contribution < -0.4 is 20.9 Å². The van der Waals surface area contributed by atoms with Crippen LogP contribution in [0.1, 0.15) is 64.0 Å². The zero-order valence-corrected chi connectivity index (χ0v) is 32.0. The highest BCUT2D eigenvalue weighted by atomic mass is 19.4. The number of nitrogens with zero attached hydrogens (tertiary/aromatic N) is 7. The lowest BCUT2D eigenvalue weighted by atomic mass is 10.0. The van der Waals surface area contributed by atoms with Crippen LogP contribution >= 0.6 is 0 Å². The molecular weight excluding hydrogens is 757 g/mol. The van der Waals surface area contributed by atoms with Gasteiger partial charge in [-0.25, -0.2) is 9.37 Å². The van der Waals surface area contributed by atoms with Crippen molar-refractivity contribution in [1.29, 1.82) is 0 Å². The Bertz CT molecular complexity index is 2190. The number of piperidine rings is 2. The lowest BCUT2D eigenvalue weighted by Crippen LogP contribution is -2.53. The molecule has 3 saturated heterocycles. The topological polar surface area (TPSA) is 139 Å². The van der Waals surface area contributed by atoms with Crippen LogP contribution in [0, 0.1) is 12.7 Å². The molecule has 0 radical (unpaired) electrons. The first kappa shape index (κ1) is 39.2. The number of fused-ring (bicyclic) bond motifs is 1. The molecule has 4 aliphatic rings.